The Kier molecular flexibility index (Phi) is 4.71. The lowest BCUT2D eigenvalue weighted by atomic mass is 10.0. The maximum atomic E-state index is 4.49. The molecule has 0 aliphatic heterocycles. The molecule has 0 bridgehead atoms. The van der Waals surface area contributed by atoms with Crippen molar-refractivity contribution < 1.29 is 0 Å². The minimum atomic E-state index is 0.340. The van der Waals surface area contributed by atoms with Crippen LogP contribution in [0.15, 0.2) is 18.7 Å². The van der Waals surface area contributed by atoms with Crippen molar-refractivity contribution in [1.82, 2.24) is 19.5 Å². The highest BCUT2D eigenvalue weighted by atomic mass is 15.1. The van der Waals surface area contributed by atoms with Gasteiger partial charge >= 0.3 is 0 Å². The smallest absolute Gasteiger partial charge is 0.159 e. The second-order valence-electron chi connectivity index (χ2n) is 5.10. The Balaban J connectivity index is 2.52. The lowest BCUT2D eigenvalue weighted by Gasteiger charge is -2.17. The van der Waals surface area contributed by atoms with Gasteiger partial charge in [0, 0.05) is 31.0 Å². The van der Waals surface area contributed by atoms with Crippen molar-refractivity contribution in [1.29, 1.82) is 0 Å². The van der Waals surface area contributed by atoms with E-state index in [1.54, 1.807) is 6.33 Å². The predicted octanol–water partition coefficient (Wildman–Crippen LogP) is 3.31. The summed E-state index contributed by atoms with van der Waals surface area (Å²) in [5, 5.41) is 3.40. The number of hydrogen-bond acceptors (Lipinski definition) is 4. The van der Waals surface area contributed by atoms with E-state index >= 15 is 0 Å². The molecule has 20 heavy (non-hydrogen) atoms. The molecule has 0 unspecified atom stereocenters. The molecule has 0 aliphatic rings. The summed E-state index contributed by atoms with van der Waals surface area (Å²) >= 11 is 0. The Morgan fingerprint density at radius 1 is 1.20 bits per heavy atom. The quantitative estimate of drug-likeness (QED) is 0.877. The molecule has 0 spiro atoms. The summed E-state index contributed by atoms with van der Waals surface area (Å²) < 4.78 is 2.11. The Bertz CT molecular complexity index is 559. The minimum Gasteiger partial charge on any atom is -0.370 e. The highest BCUT2D eigenvalue weighted by molar-refractivity contribution is 5.64. The van der Waals surface area contributed by atoms with Crippen LogP contribution in [0.1, 0.15) is 45.6 Å². The fourth-order valence-electron chi connectivity index (χ4n) is 2.29. The number of aryl methyl sites for hydroxylation is 1. The molecule has 0 radical (unpaired) electrons. The van der Waals surface area contributed by atoms with Crippen molar-refractivity contribution in [2.75, 3.05) is 11.9 Å². The van der Waals surface area contributed by atoms with Gasteiger partial charge in [0.2, 0.25) is 0 Å². The van der Waals surface area contributed by atoms with E-state index in [1.165, 1.54) is 0 Å². The van der Waals surface area contributed by atoms with Gasteiger partial charge in [0.05, 0.1) is 0 Å². The number of nitrogens with one attached hydrogen (secondary N) is 1. The number of anilines is 1. The Morgan fingerprint density at radius 3 is 2.65 bits per heavy atom. The van der Waals surface area contributed by atoms with Crippen molar-refractivity contribution >= 4 is 5.82 Å². The van der Waals surface area contributed by atoms with E-state index in [0.717, 1.165) is 42.4 Å². The van der Waals surface area contributed by atoms with Crippen molar-refractivity contribution in [2.24, 2.45) is 0 Å². The summed E-state index contributed by atoms with van der Waals surface area (Å²) in [5.74, 6) is 2.18. The average molecular weight is 273 g/mol. The van der Waals surface area contributed by atoms with E-state index in [-0.39, 0.29) is 0 Å². The fourth-order valence-corrected chi connectivity index (χ4v) is 2.29. The molecule has 5 nitrogen and oxygen atoms in total. The monoisotopic (exact) mass is 273 g/mol. The standard InChI is InChI=1S/C15H23N5/c1-5-7-16-14-12(11(3)4)13(18-10-19-14)15-17-8-9-20(15)6-2/h8-11H,5-7H2,1-4H3,(H,16,18,19). The molecule has 0 aliphatic carbocycles. The van der Waals surface area contributed by atoms with Crippen LogP contribution >= 0.6 is 0 Å². The molecular formula is C15H23N5. The topological polar surface area (TPSA) is 55.6 Å². The molecular weight excluding hydrogens is 250 g/mol. The largest absolute Gasteiger partial charge is 0.370 e. The van der Waals surface area contributed by atoms with Crippen LogP contribution in [0.4, 0.5) is 5.82 Å². The van der Waals surface area contributed by atoms with Gasteiger partial charge in [-0.15, -0.1) is 0 Å². The normalized spacial score (nSPS) is 11.1. The zero-order chi connectivity index (χ0) is 14.5. The van der Waals surface area contributed by atoms with E-state index in [0.29, 0.717) is 5.92 Å². The molecule has 0 atom stereocenters. The Morgan fingerprint density at radius 2 is 2.00 bits per heavy atom. The fraction of sp³-hybridized carbons (Fsp3) is 0.533. The lowest BCUT2D eigenvalue weighted by molar-refractivity contribution is 0.760. The van der Waals surface area contributed by atoms with Crippen LogP contribution < -0.4 is 5.32 Å². The van der Waals surface area contributed by atoms with Gasteiger partial charge in [-0.05, 0) is 19.3 Å². The Hall–Kier alpha value is -1.91. The highest BCUT2D eigenvalue weighted by Crippen LogP contribution is 2.31. The van der Waals surface area contributed by atoms with Gasteiger partial charge in [-0.1, -0.05) is 20.8 Å². The predicted molar refractivity (Wildman–Crippen MR) is 81.8 cm³/mol. The number of rotatable bonds is 6. The zero-order valence-corrected chi connectivity index (χ0v) is 12.7. The highest BCUT2D eigenvalue weighted by Gasteiger charge is 2.18. The molecule has 0 aromatic carbocycles. The first-order chi connectivity index (χ1) is 9.69. The van der Waals surface area contributed by atoms with Gasteiger partial charge in [0.15, 0.2) is 5.82 Å². The number of hydrogen-bond donors (Lipinski definition) is 1. The molecule has 2 aromatic heterocycles. The minimum absolute atomic E-state index is 0.340. The molecule has 0 saturated carbocycles. The first-order valence-corrected chi connectivity index (χ1v) is 7.29. The summed E-state index contributed by atoms with van der Waals surface area (Å²) in [4.78, 5) is 13.4. The maximum Gasteiger partial charge on any atom is 0.159 e. The van der Waals surface area contributed by atoms with Crippen molar-refractivity contribution in [2.45, 2.75) is 46.6 Å². The zero-order valence-electron chi connectivity index (χ0n) is 12.7. The Labute approximate surface area is 120 Å². The summed E-state index contributed by atoms with van der Waals surface area (Å²) in [6, 6.07) is 0. The van der Waals surface area contributed by atoms with Gasteiger partial charge in [0.1, 0.15) is 17.8 Å². The van der Waals surface area contributed by atoms with E-state index in [9.17, 15) is 0 Å². The van der Waals surface area contributed by atoms with Crippen molar-refractivity contribution in [3.05, 3.63) is 24.3 Å². The number of aromatic nitrogens is 4. The summed E-state index contributed by atoms with van der Waals surface area (Å²) in [7, 11) is 0. The first kappa shape index (κ1) is 14.5. The average Bonchev–Trinajstić information content (AvgIpc) is 2.92. The van der Waals surface area contributed by atoms with Gasteiger partial charge in [-0.2, -0.15) is 0 Å². The van der Waals surface area contributed by atoms with Crippen LogP contribution in [0.2, 0.25) is 0 Å². The van der Waals surface area contributed by atoms with Crippen LogP contribution in [0.3, 0.4) is 0 Å². The van der Waals surface area contributed by atoms with Crippen LogP contribution in [0.25, 0.3) is 11.5 Å². The molecule has 0 amide bonds. The second kappa shape index (κ2) is 6.50. The van der Waals surface area contributed by atoms with Gasteiger partial charge in [-0.3, -0.25) is 0 Å². The summed E-state index contributed by atoms with van der Waals surface area (Å²) in [6.07, 6.45) is 6.50. The van der Waals surface area contributed by atoms with Gasteiger partial charge in [-0.25, -0.2) is 15.0 Å². The van der Waals surface area contributed by atoms with E-state index in [1.807, 2.05) is 12.4 Å². The van der Waals surface area contributed by atoms with Crippen molar-refractivity contribution in [3.63, 3.8) is 0 Å². The molecule has 0 fully saturated rings. The van der Waals surface area contributed by atoms with Crippen LogP contribution in [-0.4, -0.2) is 26.1 Å². The van der Waals surface area contributed by atoms with Gasteiger partial charge < -0.3 is 9.88 Å². The molecule has 2 aromatic rings. The van der Waals surface area contributed by atoms with Gasteiger partial charge in [0.25, 0.3) is 0 Å². The first-order valence-electron chi connectivity index (χ1n) is 7.29. The molecule has 0 saturated heterocycles. The third-order valence-electron chi connectivity index (χ3n) is 3.27. The van der Waals surface area contributed by atoms with E-state index in [2.05, 4.69) is 52.5 Å². The number of nitrogens with zero attached hydrogens (tertiary/aromatic N) is 4. The third kappa shape index (κ3) is 2.81. The van der Waals surface area contributed by atoms with E-state index < -0.39 is 0 Å². The second-order valence-corrected chi connectivity index (χ2v) is 5.10. The molecule has 2 heterocycles. The SMILES string of the molecule is CCCNc1ncnc(-c2nccn2CC)c1C(C)C. The third-order valence-corrected chi connectivity index (χ3v) is 3.27. The lowest BCUT2D eigenvalue weighted by Crippen LogP contribution is -2.10. The molecule has 108 valence electrons. The summed E-state index contributed by atoms with van der Waals surface area (Å²) in [6.45, 7) is 10.4. The molecule has 5 heteroatoms. The van der Waals surface area contributed by atoms with Crippen LogP contribution in [-0.2, 0) is 6.54 Å². The molecule has 1 N–H and O–H groups in total. The van der Waals surface area contributed by atoms with E-state index in [4.69, 9.17) is 0 Å². The molecule has 2 rings (SSSR count). The summed E-state index contributed by atoms with van der Waals surface area (Å²) in [5.41, 5.74) is 2.07. The van der Waals surface area contributed by atoms with Crippen molar-refractivity contribution in [3.8, 4) is 11.5 Å². The maximum absolute atomic E-state index is 4.49. The van der Waals surface area contributed by atoms with Crippen LogP contribution in [0.5, 0.6) is 0 Å². The number of imidazole rings is 1. The van der Waals surface area contributed by atoms with Crippen LogP contribution in [0, 0.1) is 0 Å².